The molecule has 0 bridgehead atoms. The molecule has 0 heterocycles. The third-order valence-corrected chi connectivity index (χ3v) is 8.13. The highest BCUT2D eigenvalue weighted by Crippen LogP contribution is 2.24. The van der Waals surface area contributed by atoms with Crippen molar-refractivity contribution in [2.75, 3.05) is 19.7 Å². The van der Waals surface area contributed by atoms with Crippen molar-refractivity contribution in [3.8, 4) is 0 Å². The number of benzene rings is 1. The quantitative estimate of drug-likeness (QED) is 0.166. The van der Waals surface area contributed by atoms with Gasteiger partial charge in [0, 0.05) is 30.2 Å². The van der Waals surface area contributed by atoms with Gasteiger partial charge in [-0.15, -0.1) is 0 Å². The summed E-state index contributed by atoms with van der Waals surface area (Å²) in [6, 6.07) is 3.73. The Morgan fingerprint density at radius 1 is 1.21 bits per heavy atom. The summed E-state index contributed by atoms with van der Waals surface area (Å²) in [5, 5.41) is -4.56. The summed E-state index contributed by atoms with van der Waals surface area (Å²) in [5.74, 6) is -1.24. The normalized spacial score (nSPS) is 12.0. The van der Waals surface area contributed by atoms with Crippen LogP contribution in [-0.4, -0.2) is 54.7 Å². The molecule has 1 aromatic carbocycles. The van der Waals surface area contributed by atoms with Crippen molar-refractivity contribution in [2.24, 2.45) is 0 Å². The Kier molecular flexibility index (Phi) is 10.9. The summed E-state index contributed by atoms with van der Waals surface area (Å²) in [6.07, 6.45) is 0.560. The molecular formula is C16H18F2I3NO6S. The van der Waals surface area contributed by atoms with Crippen LogP contribution in [0.2, 0.25) is 0 Å². The average molecular weight is 771 g/mol. The lowest BCUT2D eigenvalue weighted by atomic mass is 10.2. The van der Waals surface area contributed by atoms with Gasteiger partial charge < -0.3 is 9.64 Å². The maximum Gasteiger partial charge on any atom is 0.402 e. The molecule has 0 radical (unpaired) electrons. The number of ether oxygens (including phenoxy) is 1. The van der Waals surface area contributed by atoms with Gasteiger partial charge in [0.2, 0.25) is 0 Å². The largest absolute Gasteiger partial charge is 0.458 e. The lowest BCUT2D eigenvalue weighted by molar-refractivity contribution is -0.149. The summed E-state index contributed by atoms with van der Waals surface area (Å²) in [5.41, 5.74) is 0.547. The van der Waals surface area contributed by atoms with Crippen molar-refractivity contribution in [1.29, 1.82) is 0 Å². The van der Waals surface area contributed by atoms with Crippen LogP contribution in [-0.2, 0) is 19.6 Å². The number of rotatable bonds is 10. The van der Waals surface area contributed by atoms with E-state index in [-0.39, 0.29) is 25.3 Å². The fourth-order valence-corrected chi connectivity index (χ4v) is 4.79. The first-order valence-electron chi connectivity index (χ1n) is 8.24. The van der Waals surface area contributed by atoms with Gasteiger partial charge in [-0.2, -0.15) is 17.2 Å². The predicted molar refractivity (Wildman–Crippen MR) is 127 cm³/mol. The molecule has 29 heavy (non-hydrogen) atoms. The Morgan fingerprint density at radius 2 is 1.83 bits per heavy atom. The smallest absolute Gasteiger partial charge is 0.402 e. The van der Waals surface area contributed by atoms with Crippen molar-refractivity contribution >= 4 is 89.8 Å². The molecule has 0 aliphatic rings. The van der Waals surface area contributed by atoms with E-state index in [1.807, 2.05) is 13.0 Å². The maximum atomic E-state index is 13.1. The van der Waals surface area contributed by atoms with Gasteiger partial charge in [0.25, 0.3) is 5.91 Å². The molecular weight excluding hydrogens is 753 g/mol. The average Bonchev–Trinajstić information content (AvgIpc) is 2.60. The second kappa shape index (κ2) is 11.7. The summed E-state index contributed by atoms with van der Waals surface area (Å²) in [6.45, 7) is 0.790. The molecule has 1 aromatic rings. The molecule has 164 valence electrons. The molecule has 7 nitrogen and oxygen atoms in total. The predicted octanol–water partition coefficient (Wildman–Crippen LogP) is 4.16. The third-order valence-electron chi connectivity index (χ3n) is 3.59. The Morgan fingerprint density at radius 3 is 2.38 bits per heavy atom. The van der Waals surface area contributed by atoms with Crippen LogP contribution in [0.3, 0.4) is 0 Å². The lowest BCUT2D eigenvalue weighted by Gasteiger charge is -2.23. The van der Waals surface area contributed by atoms with Crippen molar-refractivity contribution in [3.05, 3.63) is 28.4 Å². The number of carbonyl (C=O) groups is 2. The van der Waals surface area contributed by atoms with Crippen LogP contribution in [0.15, 0.2) is 12.1 Å². The van der Waals surface area contributed by atoms with Crippen LogP contribution in [0.4, 0.5) is 8.78 Å². The number of halogens is 5. The van der Waals surface area contributed by atoms with Gasteiger partial charge in [-0.1, -0.05) is 6.92 Å². The van der Waals surface area contributed by atoms with Crippen molar-refractivity contribution in [2.45, 2.75) is 31.4 Å². The van der Waals surface area contributed by atoms with Gasteiger partial charge in [0.1, 0.15) is 0 Å². The van der Waals surface area contributed by atoms with E-state index in [0.717, 1.165) is 10.7 Å². The molecule has 0 fully saturated rings. The third kappa shape index (κ3) is 8.29. The summed E-state index contributed by atoms with van der Waals surface area (Å²) in [4.78, 5) is 26.1. The highest BCUT2D eigenvalue weighted by molar-refractivity contribution is 14.1. The van der Waals surface area contributed by atoms with Gasteiger partial charge in [-0.3, -0.25) is 14.1 Å². The van der Waals surface area contributed by atoms with E-state index in [1.54, 1.807) is 11.0 Å². The zero-order chi connectivity index (χ0) is 22.4. The lowest BCUT2D eigenvalue weighted by Crippen LogP contribution is -2.35. The molecule has 0 saturated heterocycles. The standard InChI is InChI=1S/C16H18F2I3NO6S/c1-2-5-22(15(24)11-7-10(19)8-12(20)14(11)21)6-3-4-13(23)28-9-16(17,18)29(25,26)27/h7-8H,2-6,9H2,1H3,(H,25,26,27). The van der Waals surface area contributed by atoms with Gasteiger partial charge in [0.15, 0.2) is 6.61 Å². The number of alkyl halides is 2. The van der Waals surface area contributed by atoms with E-state index in [4.69, 9.17) is 4.55 Å². The van der Waals surface area contributed by atoms with E-state index >= 15 is 0 Å². The van der Waals surface area contributed by atoms with Gasteiger partial charge >= 0.3 is 21.3 Å². The maximum absolute atomic E-state index is 13.1. The summed E-state index contributed by atoms with van der Waals surface area (Å²) in [7, 11) is -5.66. The molecule has 0 unspecified atom stereocenters. The van der Waals surface area contributed by atoms with E-state index < -0.39 is 27.9 Å². The molecule has 0 aliphatic carbocycles. The molecule has 1 rings (SSSR count). The number of hydrogen-bond acceptors (Lipinski definition) is 5. The number of nitrogens with zero attached hydrogens (tertiary/aromatic N) is 1. The molecule has 13 heteroatoms. The van der Waals surface area contributed by atoms with Gasteiger partial charge in [-0.05, 0) is 92.7 Å². The topological polar surface area (TPSA) is 101 Å². The van der Waals surface area contributed by atoms with Gasteiger partial charge in [0.05, 0.1) is 5.56 Å². The Labute approximate surface area is 208 Å². The number of amides is 1. The molecule has 0 aliphatic heterocycles. The molecule has 0 aromatic heterocycles. The second-order valence-corrected chi connectivity index (χ2v) is 11.0. The second-order valence-electron chi connectivity index (χ2n) is 5.92. The van der Waals surface area contributed by atoms with Crippen LogP contribution >= 0.6 is 67.8 Å². The molecule has 0 spiro atoms. The first-order valence-corrected chi connectivity index (χ1v) is 12.9. The van der Waals surface area contributed by atoms with Crippen LogP contribution in [0.25, 0.3) is 0 Å². The molecule has 0 saturated carbocycles. The Balaban J connectivity index is 2.70. The Hall–Kier alpha value is 0.120. The number of esters is 1. The molecule has 1 amide bonds. The minimum atomic E-state index is -5.66. The zero-order valence-electron chi connectivity index (χ0n) is 15.1. The van der Waals surface area contributed by atoms with Crippen molar-refractivity contribution < 1.29 is 36.1 Å². The first kappa shape index (κ1) is 27.2. The minimum Gasteiger partial charge on any atom is -0.458 e. The molecule has 1 N–H and O–H groups in total. The number of carbonyl (C=O) groups excluding carboxylic acids is 2. The molecule has 0 atom stereocenters. The zero-order valence-corrected chi connectivity index (χ0v) is 22.4. The highest BCUT2D eigenvalue weighted by atomic mass is 127. The highest BCUT2D eigenvalue weighted by Gasteiger charge is 2.45. The van der Waals surface area contributed by atoms with Crippen LogP contribution in [0.1, 0.15) is 36.5 Å². The van der Waals surface area contributed by atoms with Crippen molar-refractivity contribution in [1.82, 2.24) is 4.90 Å². The summed E-state index contributed by atoms with van der Waals surface area (Å²) >= 11 is 6.37. The van der Waals surface area contributed by atoms with Crippen LogP contribution in [0, 0.1) is 10.7 Å². The van der Waals surface area contributed by atoms with E-state index in [2.05, 4.69) is 72.5 Å². The van der Waals surface area contributed by atoms with Gasteiger partial charge in [-0.25, -0.2) is 0 Å². The fourth-order valence-electron chi connectivity index (χ4n) is 2.19. The number of hydrogen-bond donors (Lipinski definition) is 1. The summed E-state index contributed by atoms with van der Waals surface area (Å²) < 4.78 is 62.4. The Bertz CT molecular complexity index is 866. The SMILES string of the molecule is CCCN(CCCC(=O)OCC(F)(F)S(=O)(=O)O)C(=O)c1cc(I)cc(I)c1I. The van der Waals surface area contributed by atoms with Crippen LogP contribution < -0.4 is 0 Å². The fraction of sp³-hybridized carbons (Fsp3) is 0.500. The monoisotopic (exact) mass is 771 g/mol. The van der Waals surface area contributed by atoms with Crippen LogP contribution in [0.5, 0.6) is 0 Å². The minimum absolute atomic E-state index is 0.152. The van der Waals surface area contributed by atoms with E-state index in [1.165, 1.54) is 0 Å². The first-order chi connectivity index (χ1) is 13.3. The van der Waals surface area contributed by atoms with E-state index in [0.29, 0.717) is 18.5 Å². The van der Waals surface area contributed by atoms with Crippen molar-refractivity contribution in [3.63, 3.8) is 0 Å². The van der Waals surface area contributed by atoms with E-state index in [9.17, 15) is 26.8 Å².